The van der Waals surface area contributed by atoms with Gasteiger partial charge in [-0.15, -0.1) is 0 Å². The molecule has 1 amide bonds. The first-order valence-corrected chi connectivity index (χ1v) is 8.99. The number of halogens is 1. The summed E-state index contributed by atoms with van der Waals surface area (Å²) < 4.78 is 0. The zero-order valence-corrected chi connectivity index (χ0v) is 15.1. The van der Waals surface area contributed by atoms with Crippen LogP contribution in [0.1, 0.15) is 28.9 Å². The molecular formula is C17H20ClN3OS. The molecule has 0 aliphatic heterocycles. The van der Waals surface area contributed by atoms with Gasteiger partial charge in [0.05, 0.1) is 0 Å². The molecule has 0 fully saturated rings. The second kappa shape index (κ2) is 8.31. The molecule has 0 radical (unpaired) electrons. The number of rotatable bonds is 6. The Morgan fingerprint density at radius 3 is 2.57 bits per heavy atom. The minimum Gasteiger partial charge on any atom is -0.352 e. The van der Waals surface area contributed by atoms with Gasteiger partial charge in [-0.1, -0.05) is 35.5 Å². The molecule has 0 atom stereocenters. The van der Waals surface area contributed by atoms with Gasteiger partial charge in [0.2, 0.25) is 5.91 Å². The van der Waals surface area contributed by atoms with Crippen molar-refractivity contribution in [3.8, 4) is 0 Å². The first kappa shape index (κ1) is 17.8. The second-order valence-corrected chi connectivity index (χ2v) is 6.48. The van der Waals surface area contributed by atoms with Crippen LogP contribution in [0, 0.1) is 13.8 Å². The highest BCUT2D eigenvalue weighted by Gasteiger charge is 2.10. The molecule has 0 unspecified atom stereocenters. The van der Waals surface area contributed by atoms with Crippen LogP contribution in [-0.4, -0.2) is 22.1 Å². The van der Waals surface area contributed by atoms with Crippen LogP contribution in [0.25, 0.3) is 0 Å². The summed E-state index contributed by atoms with van der Waals surface area (Å²) in [7, 11) is 0. The number of thioether (sulfide) groups is 1. The zero-order chi connectivity index (χ0) is 16.8. The summed E-state index contributed by atoms with van der Waals surface area (Å²) in [6.07, 6.45) is 3.02. The number of carbonyl (C=O) groups excluding carboxylic acids is 1. The molecular weight excluding hydrogens is 330 g/mol. The summed E-state index contributed by atoms with van der Waals surface area (Å²) in [4.78, 5) is 20.9. The van der Waals surface area contributed by atoms with Gasteiger partial charge in [-0.25, -0.2) is 9.97 Å². The van der Waals surface area contributed by atoms with E-state index in [4.69, 9.17) is 11.6 Å². The number of carbonyl (C=O) groups is 1. The van der Waals surface area contributed by atoms with E-state index in [-0.39, 0.29) is 5.91 Å². The van der Waals surface area contributed by atoms with Crippen molar-refractivity contribution in [3.05, 3.63) is 51.8 Å². The monoisotopic (exact) mass is 349 g/mol. The Morgan fingerprint density at radius 1 is 1.26 bits per heavy atom. The molecule has 0 saturated carbocycles. The normalized spacial score (nSPS) is 10.6. The molecule has 1 N–H and O–H groups in total. The smallest absolute Gasteiger partial charge is 0.220 e. The van der Waals surface area contributed by atoms with Crippen molar-refractivity contribution in [1.29, 1.82) is 0 Å². The van der Waals surface area contributed by atoms with Crippen LogP contribution in [0.3, 0.4) is 0 Å². The number of hydrogen-bond donors (Lipinski definition) is 1. The van der Waals surface area contributed by atoms with Gasteiger partial charge in [0.1, 0.15) is 0 Å². The summed E-state index contributed by atoms with van der Waals surface area (Å²) >= 11 is 7.46. The molecule has 4 nitrogen and oxygen atoms in total. The van der Waals surface area contributed by atoms with E-state index in [1.165, 1.54) is 11.8 Å². The Labute approximate surface area is 146 Å². The van der Waals surface area contributed by atoms with Gasteiger partial charge >= 0.3 is 0 Å². The maximum absolute atomic E-state index is 12.0. The molecule has 6 heteroatoms. The van der Waals surface area contributed by atoms with Gasteiger partial charge in [-0.3, -0.25) is 4.79 Å². The van der Waals surface area contributed by atoms with Crippen LogP contribution in [0.2, 0.25) is 5.02 Å². The van der Waals surface area contributed by atoms with E-state index in [0.29, 0.717) is 24.4 Å². The number of amides is 1. The second-order valence-electron chi connectivity index (χ2n) is 5.27. The first-order chi connectivity index (χ1) is 11.0. The van der Waals surface area contributed by atoms with Crippen LogP contribution < -0.4 is 5.32 Å². The molecule has 2 rings (SSSR count). The number of aryl methyl sites for hydroxylation is 2. The van der Waals surface area contributed by atoms with E-state index in [2.05, 4.69) is 15.3 Å². The summed E-state index contributed by atoms with van der Waals surface area (Å²) in [5, 5.41) is 4.36. The van der Waals surface area contributed by atoms with E-state index in [0.717, 1.165) is 27.7 Å². The summed E-state index contributed by atoms with van der Waals surface area (Å²) in [6.45, 7) is 4.42. The van der Waals surface area contributed by atoms with Crippen LogP contribution >= 0.6 is 23.4 Å². The number of hydrogen-bond acceptors (Lipinski definition) is 4. The highest BCUT2D eigenvalue weighted by Crippen LogP contribution is 2.17. The topological polar surface area (TPSA) is 54.9 Å². The van der Waals surface area contributed by atoms with Crippen molar-refractivity contribution in [2.45, 2.75) is 38.4 Å². The molecule has 0 saturated heterocycles. The lowest BCUT2D eigenvalue weighted by atomic mass is 10.1. The van der Waals surface area contributed by atoms with Gasteiger partial charge in [0.15, 0.2) is 5.16 Å². The molecule has 2 aromatic rings. The largest absolute Gasteiger partial charge is 0.352 e. The number of aromatic nitrogens is 2. The highest BCUT2D eigenvalue weighted by molar-refractivity contribution is 7.98. The first-order valence-electron chi connectivity index (χ1n) is 7.39. The summed E-state index contributed by atoms with van der Waals surface area (Å²) in [5.41, 5.74) is 3.94. The maximum Gasteiger partial charge on any atom is 0.220 e. The molecule has 0 aliphatic rings. The third kappa shape index (κ3) is 5.22. The highest BCUT2D eigenvalue weighted by atomic mass is 35.5. The van der Waals surface area contributed by atoms with E-state index < -0.39 is 0 Å². The number of nitrogens with one attached hydrogen (secondary N) is 1. The zero-order valence-electron chi connectivity index (χ0n) is 13.5. The SMILES string of the molecule is CSc1nc(C)c(CCC(=O)NCc2cccc(Cl)c2)c(C)n1. The standard InChI is InChI=1S/C17H20ClN3OS/c1-11-15(12(2)21-17(20-11)23-3)7-8-16(22)19-10-13-5-4-6-14(18)9-13/h4-6,9H,7-8,10H2,1-3H3,(H,19,22). The Morgan fingerprint density at radius 2 is 1.96 bits per heavy atom. The Balaban J connectivity index is 1.89. The van der Waals surface area contributed by atoms with Crippen molar-refractivity contribution < 1.29 is 4.79 Å². The van der Waals surface area contributed by atoms with Gasteiger partial charge in [0.25, 0.3) is 0 Å². The van der Waals surface area contributed by atoms with E-state index >= 15 is 0 Å². The van der Waals surface area contributed by atoms with Crippen LogP contribution in [0.5, 0.6) is 0 Å². The van der Waals surface area contributed by atoms with E-state index in [1.54, 1.807) is 0 Å². The minimum atomic E-state index is 0.0118. The fourth-order valence-electron chi connectivity index (χ4n) is 2.34. The van der Waals surface area contributed by atoms with E-state index in [9.17, 15) is 4.79 Å². The van der Waals surface area contributed by atoms with Crippen molar-refractivity contribution in [2.75, 3.05) is 6.26 Å². The Bertz CT molecular complexity index is 683. The molecule has 122 valence electrons. The van der Waals surface area contributed by atoms with Crippen molar-refractivity contribution in [2.24, 2.45) is 0 Å². The Hall–Kier alpha value is -1.59. The Kier molecular flexibility index (Phi) is 6.42. The predicted octanol–water partition coefficient (Wildman–Crippen LogP) is 3.72. The quantitative estimate of drug-likeness (QED) is 0.638. The lowest BCUT2D eigenvalue weighted by Crippen LogP contribution is -2.23. The fraction of sp³-hybridized carbons (Fsp3) is 0.353. The molecule has 1 aromatic carbocycles. The van der Waals surface area contributed by atoms with Crippen LogP contribution in [-0.2, 0) is 17.8 Å². The summed E-state index contributed by atoms with van der Waals surface area (Å²) in [6, 6.07) is 7.48. The lowest BCUT2D eigenvalue weighted by Gasteiger charge is -2.10. The molecule has 1 heterocycles. The van der Waals surface area contributed by atoms with Gasteiger partial charge in [0, 0.05) is 29.4 Å². The number of nitrogens with zero attached hydrogens (tertiary/aromatic N) is 2. The van der Waals surface area contributed by atoms with Gasteiger partial charge in [-0.05, 0) is 49.8 Å². The molecule has 23 heavy (non-hydrogen) atoms. The summed E-state index contributed by atoms with van der Waals surface area (Å²) in [5.74, 6) is 0.0118. The molecule has 0 aliphatic carbocycles. The molecule has 0 spiro atoms. The average molecular weight is 350 g/mol. The van der Waals surface area contributed by atoms with Crippen LogP contribution in [0.4, 0.5) is 0 Å². The lowest BCUT2D eigenvalue weighted by molar-refractivity contribution is -0.121. The van der Waals surface area contributed by atoms with Gasteiger partial charge in [-0.2, -0.15) is 0 Å². The van der Waals surface area contributed by atoms with Crippen molar-refractivity contribution in [3.63, 3.8) is 0 Å². The predicted molar refractivity (Wildman–Crippen MR) is 94.9 cm³/mol. The van der Waals surface area contributed by atoms with Crippen LogP contribution in [0.15, 0.2) is 29.4 Å². The third-order valence-corrected chi connectivity index (χ3v) is 4.35. The fourth-order valence-corrected chi connectivity index (χ4v) is 3.01. The molecule has 1 aromatic heterocycles. The maximum atomic E-state index is 12.0. The number of benzene rings is 1. The minimum absolute atomic E-state index is 0.0118. The van der Waals surface area contributed by atoms with E-state index in [1.807, 2.05) is 44.4 Å². The van der Waals surface area contributed by atoms with Gasteiger partial charge < -0.3 is 5.32 Å². The molecule has 0 bridgehead atoms. The van der Waals surface area contributed by atoms with Crippen molar-refractivity contribution in [1.82, 2.24) is 15.3 Å². The average Bonchev–Trinajstić information content (AvgIpc) is 2.52. The van der Waals surface area contributed by atoms with Crippen molar-refractivity contribution >= 4 is 29.3 Å². The third-order valence-electron chi connectivity index (χ3n) is 3.56.